The van der Waals surface area contributed by atoms with Gasteiger partial charge in [-0.25, -0.2) is 0 Å². The minimum Gasteiger partial charge on any atom is -0.508 e. The zero-order valence-corrected chi connectivity index (χ0v) is 11.0. The number of phenols is 1. The largest absolute Gasteiger partial charge is 0.508 e. The van der Waals surface area contributed by atoms with Gasteiger partial charge in [0, 0.05) is 29.6 Å². The normalized spacial score (nSPS) is 10.4. The third-order valence-corrected chi connectivity index (χ3v) is 2.69. The Labute approximate surface area is 117 Å². The maximum Gasteiger partial charge on any atom is 0.187 e. The molecule has 0 amide bonds. The first-order valence-electron chi connectivity index (χ1n) is 6.09. The van der Waals surface area contributed by atoms with Crippen LogP contribution in [0.1, 0.15) is 10.4 Å². The number of ether oxygens (including phenoxy) is 1. The molecule has 0 fully saturated rings. The van der Waals surface area contributed by atoms with Gasteiger partial charge in [-0.1, -0.05) is 18.2 Å². The number of methoxy groups -OCH3 is 1. The van der Waals surface area contributed by atoms with Crippen LogP contribution in [0.15, 0.2) is 60.8 Å². The van der Waals surface area contributed by atoms with Crippen LogP contribution in [0.2, 0.25) is 0 Å². The summed E-state index contributed by atoms with van der Waals surface area (Å²) in [5.41, 5.74) is 1.26. The lowest BCUT2D eigenvalue weighted by atomic mass is 10.1. The van der Waals surface area contributed by atoms with Crippen LogP contribution in [-0.2, 0) is 0 Å². The van der Waals surface area contributed by atoms with Crippen molar-refractivity contribution in [1.29, 1.82) is 0 Å². The summed E-state index contributed by atoms with van der Waals surface area (Å²) in [4.78, 5) is 11.9. The molecule has 0 atom stereocenters. The molecule has 2 aromatic carbocycles. The van der Waals surface area contributed by atoms with Gasteiger partial charge in [0.05, 0.1) is 7.11 Å². The zero-order valence-electron chi connectivity index (χ0n) is 11.0. The van der Waals surface area contributed by atoms with Crippen LogP contribution >= 0.6 is 0 Å². The summed E-state index contributed by atoms with van der Waals surface area (Å²) in [6, 6.07) is 13.6. The molecule has 0 aliphatic carbocycles. The first-order chi connectivity index (χ1) is 9.69. The first kappa shape index (κ1) is 13.7. The van der Waals surface area contributed by atoms with E-state index in [9.17, 15) is 9.90 Å². The molecule has 2 N–H and O–H groups in total. The lowest BCUT2D eigenvalue weighted by Crippen LogP contribution is -1.97. The Morgan fingerprint density at radius 2 is 2.00 bits per heavy atom. The number of hydrogen-bond donors (Lipinski definition) is 2. The Morgan fingerprint density at radius 3 is 2.75 bits per heavy atom. The van der Waals surface area contributed by atoms with Gasteiger partial charge in [-0.3, -0.25) is 4.79 Å². The van der Waals surface area contributed by atoms with Crippen molar-refractivity contribution in [3.63, 3.8) is 0 Å². The van der Waals surface area contributed by atoms with Crippen molar-refractivity contribution in [2.24, 2.45) is 0 Å². The van der Waals surface area contributed by atoms with Crippen LogP contribution in [0.25, 0.3) is 0 Å². The van der Waals surface area contributed by atoms with Crippen molar-refractivity contribution in [2.75, 3.05) is 12.4 Å². The summed E-state index contributed by atoms with van der Waals surface area (Å²) < 4.78 is 5.07. The molecule has 102 valence electrons. The molecule has 0 bridgehead atoms. The van der Waals surface area contributed by atoms with E-state index in [0.717, 1.165) is 0 Å². The standard InChI is InChI=1S/C16H15NO3/c1-20-15-7-2-4-12(10-15)16(19)8-9-17-13-5-3-6-14(18)11-13/h2-11,17-18H,1H3/b9-8+. The first-order valence-corrected chi connectivity index (χ1v) is 6.09. The van der Waals surface area contributed by atoms with Crippen LogP contribution in [0.4, 0.5) is 5.69 Å². The number of hydrogen-bond acceptors (Lipinski definition) is 4. The van der Waals surface area contributed by atoms with Gasteiger partial charge in [0.15, 0.2) is 5.78 Å². The summed E-state index contributed by atoms with van der Waals surface area (Å²) >= 11 is 0. The highest BCUT2D eigenvalue weighted by Crippen LogP contribution is 2.16. The van der Waals surface area contributed by atoms with Crippen LogP contribution in [0.3, 0.4) is 0 Å². The Morgan fingerprint density at radius 1 is 1.20 bits per heavy atom. The molecule has 0 saturated carbocycles. The molecule has 0 heterocycles. The number of phenolic OH excluding ortho intramolecular Hbond substituents is 1. The average Bonchev–Trinajstić information content (AvgIpc) is 2.47. The molecule has 0 saturated heterocycles. The number of carbonyl (C=O) groups is 1. The third kappa shape index (κ3) is 3.62. The molecule has 2 rings (SSSR count). The summed E-state index contributed by atoms with van der Waals surface area (Å²) in [5.74, 6) is 0.685. The maximum absolute atomic E-state index is 11.9. The van der Waals surface area contributed by atoms with Gasteiger partial charge >= 0.3 is 0 Å². The number of anilines is 1. The second-order valence-electron chi connectivity index (χ2n) is 4.12. The van der Waals surface area contributed by atoms with Crippen molar-refractivity contribution < 1.29 is 14.6 Å². The van der Waals surface area contributed by atoms with E-state index in [1.807, 2.05) is 0 Å². The van der Waals surface area contributed by atoms with E-state index in [4.69, 9.17) is 4.74 Å². The molecule has 2 aromatic rings. The lowest BCUT2D eigenvalue weighted by Gasteiger charge is -2.02. The Kier molecular flexibility index (Phi) is 4.39. The Balaban J connectivity index is 2.02. The molecular weight excluding hydrogens is 254 g/mol. The monoisotopic (exact) mass is 269 g/mol. The fourth-order valence-corrected chi connectivity index (χ4v) is 1.68. The van der Waals surface area contributed by atoms with Crippen molar-refractivity contribution >= 4 is 11.5 Å². The van der Waals surface area contributed by atoms with Gasteiger partial charge in [0.25, 0.3) is 0 Å². The number of benzene rings is 2. The van der Waals surface area contributed by atoms with Crippen molar-refractivity contribution in [3.05, 3.63) is 66.4 Å². The number of carbonyl (C=O) groups excluding carboxylic acids is 1. The smallest absolute Gasteiger partial charge is 0.187 e. The van der Waals surface area contributed by atoms with Gasteiger partial charge < -0.3 is 15.2 Å². The molecular formula is C16H15NO3. The quantitative estimate of drug-likeness (QED) is 0.646. The van der Waals surface area contributed by atoms with E-state index in [1.165, 1.54) is 12.3 Å². The zero-order chi connectivity index (χ0) is 14.4. The van der Waals surface area contributed by atoms with Gasteiger partial charge in [-0.05, 0) is 24.3 Å². The minimum absolute atomic E-state index is 0.128. The predicted octanol–water partition coefficient (Wildman–Crippen LogP) is 3.21. The molecule has 0 spiro atoms. The van der Waals surface area contributed by atoms with E-state index in [2.05, 4.69) is 5.32 Å². The number of ketones is 1. The van der Waals surface area contributed by atoms with Crippen LogP contribution in [-0.4, -0.2) is 18.0 Å². The highest BCUT2D eigenvalue weighted by atomic mass is 16.5. The molecule has 4 nitrogen and oxygen atoms in total. The average molecular weight is 269 g/mol. The van der Waals surface area contributed by atoms with Crippen LogP contribution in [0, 0.1) is 0 Å². The second kappa shape index (κ2) is 6.43. The van der Waals surface area contributed by atoms with Crippen LogP contribution in [0.5, 0.6) is 11.5 Å². The third-order valence-electron chi connectivity index (χ3n) is 2.69. The van der Waals surface area contributed by atoms with E-state index in [-0.39, 0.29) is 11.5 Å². The summed E-state index contributed by atoms with van der Waals surface area (Å²) in [6.07, 6.45) is 2.97. The van der Waals surface area contributed by atoms with Crippen LogP contribution < -0.4 is 10.1 Å². The fraction of sp³-hybridized carbons (Fsp3) is 0.0625. The number of nitrogens with one attached hydrogen (secondary N) is 1. The molecule has 0 aliphatic rings. The molecule has 4 heteroatoms. The highest BCUT2D eigenvalue weighted by molar-refractivity contribution is 6.04. The summed E-state index contributed by atoms with van der Waals surface area (Å²) in [6.45, 7) is 0. The minimum atomic E-state index is -0.128. The van der Waals surface area contributed by atoms with E-state index >= 15 is 0 Å². The van der Waals surface area contributed by atoms with E-state index in [1.54, 1.807) is 55.6 Å². The van der Waals surface area contributed by atoms with Crippen molar-refractivity contribution in [1.82, 2.24) is 0 Å². The molecule has 20 heavy (non-hydrogen) atoms. The van der Waals surface area contributed by atoms with E-state index in [0.29, 0.717) is 17.0 Å². The predicted molar refractivity (Wildman–Crippen MR) is 78.2 cm³/mol. The van der Waals surface area contributed by atoms with E-state index < -0.39 is 0 Å². The van der Waals surface area contributed by atoms with Gasteiger partial charge in [0.1, 0.15) is 11.5 Å². The fourth-order valence-electron chi connectivity index (χ4n) is 1.68. The van der Waals surface area contributed by atoms with Crippen molar-refractivity contribution in [3.8, 4) is 11.5 Å². The number of allylic oxidation sites excluding steroid dienone is 1. The molecule has 0 aliphatic heterocycles. The summed E-state index contributed by atoms with van der Waals surface area (Å²) in [5, 5.41) is 12.2. The molecule has 0 radical (unpaired) electrons. The highest BCUT2D eigenvalue weighted by Gasteiger charge is 2.02. The SMILES string of the molecule is COc1cccc(C(=O)/C=C/Nc2cccc(O)c2)c1. The van der Waals surface area contributed by atoms with Gasteiger partial charge in [-0.15, -0.1) is 0 Å². The molecule has 0 aromatic heterocycles. The van der Waals surface area contributed by atoms with Gasteiger partial charge in [0.2, 0.25) is 0 Å². The summed E-state index contributed by atoms with van der Waals surface area (Å²) in [7, 11) is 1.56. The Hall–Kier alpha value is -2.75. The second-order valence-corrected chi connectivity index (χ2v) is 4.12. The number of aromatic hydroxyl groups is 1. The number of rotatable bonds is 5. The maximum atomic E-state index is 11.9. The lowest BCUT2D eigenvalue weighted by molar-refractivity contribution is 0.104. The Bertz CT molecular complexity index is 635. The van der Waals surface area contributed by atoms with Gasteiger partial charge in [-0.2, -0.15) is 0 Å². The van der Waals surface area contributed by atoms with Crippen molar-refractivity contribution in [2.45, 2.75) is 0 Å². The molecule has 0 unspecified atom stereocenters. The topological polar surface area (TPSA) is 58.6 Å².